The van der Waals surface area contributed by atoms with Crippen molar-refractivity contribution in [3.63, 3.8) is 0 Å². The number of aromatic nitrogens is 1. The van der Waals surface area contributed by atoms with E-state index in [1.165, 1.54) is 24.4 Å². The van der Waals surface area contributed by atoms with E-state index in [2.05, 4.69) is 15.0 Å². The molecule has 1 aromatic heterocycles. The Kier molecular flexibility index (Phi) is 2.63. The van der Waals surface area contributed by atoms with Crippen molar-refractivity contribution in [2.75, 3.05) is 5.32 Å². The number of amides is 1. The summed E-state index contributed by atoms with van der Waals surface area (Å²) in [6, 6.07) is 4.80. The summed E-state index contributed by atoms with van der Waals surface area (Å²) in [6.07, 6.45) is 1.27. The number of anilines is 1. The number of benzene rings is 1. The predicted octanol–water partition coefficient (Wildman–Crippen LogP) is 2.21. The van der Waals surface area contributed by atoms with E-state index in [1.54, 1.807) is 0 Å². The predicted molar refractivity (Wildman–Crippen MR) is 50.8 cm³/mol. The molecule has 0 atom stereocenters. The van der Waals surface area contributed by atoms with E-state index in [4.69, 9.17) is 0 Å². The molecule has 0 aliphatic heterocycles. The molecule has 16 heavy (non-hydrogen) atoms. The van der Waals surface area contributed by atoms with Crippen molar-refractivity contribution in [2.45, 2.75) is 0 Å². The topological polar surface area (TPSA) is 55.1 Å². The Morgan fingerprint density at radius 2 is 2.12 bits per heavy atom. The first-order valence-electron chi connectivity index (χ1n) is 4.34. The van der Waals surface area contributed by atoms with Crippen LogP contribution in [0, 0.1) is 11.6 Å². The minimum Gasteiger partial charge on any atom is -0.351 e. The normalized spacial score (nSPS) is 10.1. The lowest BCUT2D eigenvalue weighted by atomic mass is 10.3. The van der Waals surface area contributed by atoms with Gasteiger partial charge >= 0.3 is 0 Å². The van der Waals surface area contributed by atoms with Gasteiger partial charge in [-0.3, -0.25) is 4.79 Å². The summed E-state index contributed by atoms with van der Waals surface area (Å²) in [5.74, 6) is -2.92. The molecule has 82 valence electrons. The third kappa shape index (κ3) is 1.90. The Bertz CT molecular complexity index is 512. The molecule has 2 rings (SSSR count). The summed E-state index contributed by atoms with van der Waals surface area (Å²) in [7, 11) is 0. The monoisotopic (exact) mass is 224 g/mol. The van der Waals surface area contributed by atoms with Gasteiger partial charge in [0.05, 0.1) is 11.9 Å². The number of carbonyl (C=O) groups is 1. The van der Waals surface area contributed by atoms with Gasteiger partial charge in [-0.05, 0) is 12.1 Å². The SMILES string of the molecule is O=C(Nc1cccc(F)c1F)c1ccno1. The maximum atomic E-state index is 13.2. The summed E-state index contributed by atoms with van der Waals surface area (Å²) >= 11 is 0. The number of rotatable bonds is 2. The molecule has 6 heteroatoms. The van der Waals surface area contributed by atoms with Crippen LogP contribution in [0.3, 0.4) is 0 Å². The lowest BCUT2D eigenvalue weighted by Gasteiger charge is -2.03. The summed E-state index contributed by atoms with van der Waals surface area (Å²) in [6.45, 7) is 0. The zero-order valence-corrected chi connectivity index (χ0v) is 7.91. The van der Waals surface area contributed by atoms with Crippen LogP contribution in [0.4, 0.5) is 14.5 Å². The van der Waals surface area contributed by atoms with E-state index in [9.17, 15) is 13.6 Å². The van der Waals surface area contributed by atoms with Crippen molar-refractivity contribution in [1.29, 1.82) is 0 Å². The van der Waals surface area contributed by atoms with Crippen LogP contribution in [0.1, 0.15) is 10.6 Å². The third-order valence-corrected chi connectivity index (χ3v) is 1.86. The molecule has 0 spiro atoms. The molecule has 2 aromatic rings. The van der Waals surface area contributed by atoms with Gasteiger partial charge in [-0.1, -0.05) is 11.2 Å². The average molecular weight is 224 g/mol. The number of nitrogens with zero attached hydrogens (tertiary/aromatic N) is 1. The summed E-state index contributed by atoms with van der Waals surface area (Å²) in [4.78, 5) is 11.4. The lowest BCUT2D eigenvalue weighted by molar-refractivity contribution is 0.0987. The molecule has 1 aromatic carbocycles. The Balaban J connectivity index is 2.22. The van der Waals surface area contributed by atoms with Crippen LogP contribution in [0.5, 0.6) is 0 Å². The largest absolute Gasteiger partial charge is 0.351 e. The zero-order valence-electron chi connectivity index (χ0n) is 7.91. The molecule has 1 amide bonds. The molecule has 1 heterocycles. The van der Waals surface area contributed by atoms with Crippen LogP contribution in [0.15, 0.2) is 35.0 Å². The van der Waals surface area contributed by atoms with Crippen molar-refractivity contribution >= 4 is 11.6 Å². The Labute approximate surface area is 88.9 Å². The van der Waals surface area contributed by atoms with Crippen LogP contribution in [0.25, 0.3) is 0 Å². The Hall–Kier alpha value is -2.24. The van der Waals surface area contributed by atoms with Gasteiger partial charge in [-0.25, -0.2) is 8.78 Å². The number of hydrogen-bond donors (Lipinski definition) is 1. The highest BCUT2D eigenvalue weighted by molar-refractivity contribution is 6.02. The summed E-state index contributed by atoms with van der Waals surface area (Å²) < 4.78 is 30.5. The van der Waals surface area contributed by atoms with Gasteiger partial charge in [-0.2, -0.15) is 0 Å². The first kappa shape index (κ1) is 10.3. The molecular weight excluding hydrogens is 218 g/mol. The molecule has 0 fully saturated rings. The number of halogens is 2. The highest BCUT2D eigenvalue weighted by atomic mass is 19.2. The van der Waals surface area contributed by atoms with Crippen molar-refractivity contribution in [3.8, 4) is 0 Å². The van der Waals surface area contributed by atoms with Crippen LogP contribution in [0.2, 0.25) is 0 Å². The summed E-state index contributed by atoms with van der Waals surface area (Å²) in [5, 5.41) is 5.49. The molecule has 0 saturated heterocycles. The molecule has 0 unspecified atom stereocenters. The number of carbonyl (C=O) groups excluding carboxylic acids is 1. The molecule has 4 nitrogen and oxygen atoms in total. The van der Waals surface area contributed by atoms with Gasteiger partial charge in [0.1, 0.15) is 0 Å². The minimum atomic E-state index is -1.12. The van der Waals surface area contributed by atoms with Crippen LogP contribution < -0.4 is 5.32 Å². The van der Waals surface area contributed by atoms with Crippen LogP contribution >= 0.6 is 0 Å². The van der Waals surface area contributed by atoms with Gasteiger partial charge in [0.15, 0.2) is 11.6 Å². The Morgan fingerprint density at radius 3 is 2.81 bits per heavy atom. The van der Waals surface area contributed by atoms with Crippen LogP contribution in [-0.4, -0.2) is 11.1 Å². The zero-order chi connectivity index (χ0) is 11.5. The third-order valence-electron chi connectivity index (χ3n) is 1.86. The highest BCUT2D eigenvalue weighted by Crippen LogP contribution is 2.17. The first-order valence-corrected chi connectivity index (χ1v) is 4.34. The van der Waals surface area contributed by atoms with E-state index in [-0.39, 0.29) is 11.4 Å². The van der Waals surface area contributed by atoms with Gasteiger partial charge in [0, 0.05) is 6.07 Å². The maximum Gasteiger partial charge on any atom is 0.294 e. The second-order valence-electron chi connectivity index (χ2n) is 2.93. The minimum absolute atomic E-state index is 0.0799. The quantitative estimate of drug-likeness (QED) is 0.850. The van der Waals surface area contributed by atoms with E-state index in [1.807, 2.05) is 0 Å². The molecule has 0 bridgehead atoms. The van der Waals surface area contributed by atoms with Gasteiger partial charge in [-0.15, -0.1) is 0 Å². The van der Waals surface area contributed by atoms with Gasteiger partial charge in [0.2, 0.25) is 5.76 Å². The van der Waals surface area contributed by atoms with Crippen molar-refractivity contribution in [3.05, 3.63) is 47.9 Å². The van der Waals surface area contributed by atoms with Gasteiger partial charge in [0.25, 0.3) is 5.91 Å². The van der Waals surface area contributed by atoms with E-state index in [0.717, 1.165) is 6.07 Å². The second kappa shape index (κ2) is 4.09. The molecule has 0 radical (unpaired) electrons. The average Bonchev–Trinajstić information content (AvgIpc) is 2.78. The van der Waals surface area contributed by atoms with Crippen LogP contribution in [-0.2, 0) is 0 Å². The standard InChI is InChI=1S/C10H6F2N2O2/c11-6-2-1-3-7(9(6)12)14-10(15)8-4-5-13-16-8/h1-5H,(H,14,15). The first-order chi connectivity index (χ1) is 7.68. The highest BCUT2D eigenvalue weighted by Gasteiger charge is 2.14. The summed E-state index contributed by atoms with van der Waals surface area (Å²) in [5.41, 5.74) is -0.249. The van der Waals surface area contributed by atoms with Gasteiger partial charge < -0.3 is 9.84 Å². The van der Waals surface area contributed by atoms with E-state index in [0.29, 0.717) is 0 Å². The number of nitrogens with one attached hydrogen (secondary N) is 1. The fourth-order valence-electron chi connectivity index (χ4n) is 1.12. The fourth-order valence-corrected chi connectivity index (χ4v) is 1.12. The van der Waals surface area contributed by atoms with E-state index >= 15 is 0 Å². The second-order valence-corrected chi connectivity index (χ2v) is 2.93. The Morgan fingerprint density at radius 1 is 1.31 bits per heavy atom. The fraction of sp³-hybridized carbons (Fsp3) is 0. The molecule has 0 aliphatic rings. The van der Waals surface area contributed by atoms with Crippen molar-refractivity contribution < 1.29 is 18.1 Å². The molecule has 0 aliphatic carbocycles. The molecular formula is C10H6F2N2O2. The lowest BCUT2D eigenvalue weighted by Crippen LogP contribution is -2.12. The van der Waals surface area contributed by atoms with Crippen molar-refractivity contribution in [1.82, 2.24) is 5.16 Å². The number of hydrogen-bond acceptors (Lipinski definition) is 3. The maximum absolute atomic E-state index is 13.2. The van der Waals surface area contributed by atoms with E-state index < -0.39 is 17.5 Å². The molecule has 1 N–H and O–H groups in total. The molecule has 0 saturated carbocycles. The smallest absolute Gasteiger partial charge is 0.294 e. The van der Waals surface area contributed by atoms with Crippen molar-refractivity contribution in [2.24, 2.45) is 0 Å².